The Morgan fingerprint density at radius 2 is 2.19 bits per heavy atom. The van der Waals surface area contributed by atoms with Gasteiger partial charge in [-0.15, -0.1) is 0 Å². The number of imidazole rings is 1. The van der Waals surface area contributed by atoms with Crippen molar-refractivity contribution in [3.8, 4) is 0 Å². The predicted octanol–water partition coefficient (Wildman–Crippen LogP) is 1.73. The van der Waals surface area contributed by atoms with Crippen molar-refractivity contribution in [3.05, 3.63) is 54.1 Å². The third-order valence-corrected chi connectivity index (χ3v) is 5.74. The number of hydrogen-bond donors (Lipinski definition) is 1. The molecule has 6 heteroatoms. The first-order valence-corrected chi connectivity index (χ1v) is 9.20. The first kappa shape index (κ1) is 17.2. The Kier molecular flexibility index (Phi) is 4.54. The van der Waals surface area contributed by atoms with E-state index in [1.165, 1.54) is 5.56 Å². The van der Waals surface area contributed by atoms with Gasteiger partial charge in [-0.25, -0.2) is 4.98 Å². The van der Waals surface area contributed by atoms with Gasteiger partial charge in [0.15, 0.2) is 0 Å². The lowest BCUT2D eigenvalue weighted by atomic mass is 9.87. The lowest BCUT2D eigenvalue weighted by molar-refractivity contribution is -0.131. The average Bonchev–Trinajstić information content (AvgIpc) is 3.35. The summed E-state index contributed by atoms with van der Waals surface area (Å²) in [6.45, 7) is 3.95. The zero-order valence-corrected chi connectivity index (χ0v) is 15.0. The molecule has 0 radical (unpaired) electrons. The fraction of sp³-hybridized carbons (Fsp3) is 0.500. The van der Waals surface area contributed by atoms with Crippen LogP contribution in [-0.4, -0.2) is 56.9 Å². The van der Waals surface area contributed by atoms with E-state index < -0.39 is 11.7 Å². The van der Waals surface area contributed by atoms with Crippen LogP contribution in [0.5, 0.6) is 0 Å². The molecule has 2 aromatic rings. The SMILES string of the molecule is Cc1nccn1CCC(=O)N1C[C@@H](O)[C@@]2(C[C@@H](c3ccccc3)CO2)C1. The first-order valence-electron chi connectivity index (χ1n) is 9.20. The van der Waals surface area contributed by atoms with Crippen molar-refractivity contribution in [3.63, 3.8) is 0 Å². The highest BCUT2D eigenvalue weighted by Crippen LogP contribution is 2.42. The molecule has 0 bridgehead atoms. The fourth-order valence-corrected chi connectivity index (χ4v) is 4.16. The molecule has 26 heavy (non-hydrogen) atoms. The molecular weight excluding hydrogens is 330 g/mol. The van der Waals surface area contributed by atoms with Crippen molar-refractivity contribution in [2.45, 2.75) is 43.9 Å². The molecule has 1 N–H and O–H groups in total. The molecular formula is C20H25N3O3. The largest absolute Gasteiger partial charge is 0.388 e. The average molecular weight is 355 g/mol. The molecule has 0 aliphatic carbocycles. The number of aryl methyl sites for hydroxylation is 2. The van der Waals surface area contributed by atoms with Crippen LogP contribution < -0.4 is 0 Å². The highest BCUT2D eigenvalue weighted by atomic mass is 16.5. The summed E-state index contributed by atoms with van der Waals surface area (Å²) in [6.07, 6.45) is 4.15. The predicted molar refractivity (Wildman–Crippen MR) is 96.7 cm³/mol. The van der Waals surface area contributed by atoms with Crippen LogP contribution in [0, 0.1) is 6.92 Å². The number of benzene rings is 1. The maximum Gasteiger partial charge on any atom is 0.224 e. The van der Waals surface area contributed by atoms with Crippen molar-refractivity contribution in [2.75, 3.05) is 19.7 Å². The summed E-state index contributed by atoms with van der Waals surface area (Å²) in [4.78, 5) is 18.5. The number of amides is 1. The molecule has 2 saturated heterocycles. The second-order valence-electron chi connectivity index (χ2n) is 7.40. The van der Waals surface area contributed by atoms with Gasteiger partial charge in [-0.05, 0) is 18.9 Å². The molecule has 1 aromatic carbocycles. The molecule has 3 heterocycles. The number of hydrogen-bond acceptors (Lipinski definition) is 4. The summed E-state index contributed by atoms with van der Waals surface area (Å²) >= 11 is 0. The maximum absolute atomic E-state index is 12.6. The van der Waals surface area contributed by atoms with E-state index in [2.05, 4.69) is 17.1 Å². The van der Waals surface area contributed by atoms with Crippen molar-refractivity contribution in [2.24, 2.45) is 0 Å². The number of aromatic nitrogens is 2. The normalized spacial score (nSPS) is 28.2. The van der Waals surface area contributed by atoms with Crippen LogP contribution in [0.2, 0.25) is 0 Å². The van der Waals surface area contributed by atoms with E-state index in [4.69, 9.17) is 4.74 Å². The molecule has 3 atom stereocenters. The summed E-state index contributed by atoms with van der Waals surface area (Å²) in [5.74, 6) is 1.23. The Bertz CT molecular complexity index is 776. The van der Waals surface area contributed by atoms with E-state index in [1.807, 2.05) is 35.9 Å². The Labute approximate surface area is 153 Å². The Morgan fingerprint density at radius 1 is 1.38 bits per heavy atom. The Balaban J connectivity index is 1.38. The molecule has 0 saturated carbocycles. The van der Waals surface area contributed by atoms with Gasteiger partial charge in [0.25, 0.3) is 0 Å². The van der Waals surface area contributed by atoms with E-state index in [-0.39, 0.29) is 11.8 Å². The zero-order valence-electron chi connectivity index (χ0n) is 15.0. The molecule has 2 aliphatic heterocycles. The van der Waals surface area contributed by atoms with Crippen LogP contribution in [0.25, 0.3) is 0 Å². The van der Waals surface area contributed by atoms with Crippen LogP contribution in [0.3, 0.4) is 0 Å². The second-order valence-corrected chi connectivity index (χ2v) is 7.40. The van der Waals surface area contributed by atoms with E-state index in [0.717, 1.165) is 12.2 Å². The Hall–Kier alpha value is -2.18. The van der Waals surface area contributed by atoms with Gasteiger partial charge in [0, 0.05) is 37.8 Å². The highest BCUT2D eigenvalue weighted by Gasteiger charge is 2.53. The summed E-state index contributed by atoms with van der Waals surface area (Å²) in [5.41, 5.74) is 0.609. The van der Waals surface area contributed by atoms with Crippen molar-refractivity contribution in [1.82, 2.24) is 14.5 Å². The molecule has 1 amide bonds. The van der Waals surface area contributed by atoms with Gasteiger partial charge in [-0.3, -0.25) is 4.79 Å². The van der Waals surface area contributed by atoms with Gasteiger partial charge in [0.05, 0.1) is 13.2 Å². The van der Waals surface area contributed by atoms with Crippen molar-refractivity contribution in [1.29, 1.82) is 0 Å². The van der Waals surface area contributed by atoms with E-state index in [1.54, 1.807) is 11.1 Å². The maximum atomic E-state index is 12.6. The van der Waals surface area contributed by atoms with Crippen LogP contribution >= 0.6 is 0 Å². The molecule has 2 fully saturated rings. The number of rotatable bonds is 4. The van der Waals surface area contributed by atoms with Gasteiger partial charge in [-0.2, -0.15) is 0 Å². The Morgan fingerprint density at radius 3 is 2.92 bits per heavy atom. The second kappa shape index (κ2) is 6.85. The molecule has 1 aromatic heterocycles. The standard InChI is InChI=1S/C20H25N3O3/c1-15-21-8-10-22(15)9-7-19(25)23-12-18(24)20(14-23)11-17(13-26-20)16-5-3-2-4-6-16/h2-6,8,10,17-18,24H,7,9,11-14H2,1H3/t17-,18-,20-/m1/s1. The van der Waals surface area contributed by atoms with Gasteiger partial charge in [-0.1, -0.05) is 30.3 Å². The number of β-amino-alcohol motifs (C(OH)–C–C–N with tert-alkyl or cyclic N) is 1. The third-order valence-electron chi connectivity index (χ3n) is 5.74. The zero-order chi connectivity index (χ0) is 18.1. The van der Waals surface area contributed by atoms with E-state index >= 15 is 0 Å². The third kappa shape index (κ3) is 3.15. The summed E-state index contributed by atoms with van der Waals surface area (Å²) in [7, 11) is 0. The molecule has 2 aliphatic rings. The first-order chi connectivity index (χ1) is 12.6. The minimum atomic E-state index is -0.629. The van der Waals surface area contributed by atoms with E-state index in [9.17, 15) is 9.90 Å². The summed E-state index contributed by atoms with van der Waals surface area (Å²) < 4.78 is 8.04. The number of ether oxygens (including phenoxy) is 1. The lowest BCUT2D eigenvalue weighted by Crippen LogP contribution is -2.41. The van der Waals surface area contributed by atoms with Gasteiger partial charge in [0.1, 0.15) is 17.5 Å². The molecule has 1 spiro atoms. The summed E-state index contributed by atoms with van der Waals surface area (Å²) in [5, 5.41) is 10.6. The fourth-order valence-electron chi connectivity index (χ4n) is 4.16. The highest BCUT2D eigenvalue weighted by molar-refractivity contribution is 5.76. The van der Waals surface area contributed by atoms with Crippen LogP contribution in [0.15, 0.2) is 42.7 Å². The summed E-state index contributed by atoms with van der Waals surface area (Å²) in [6, 6.07) is 10.3. The number of aliphatic hydroxyl groups is 1. The molecule has 6 nitrogen and oxygen atoms in total. The molecule has 138 valence electrons. The number of carbonyl (C=O) groups excluding carboxylic acids is 1. The van der Waals surface area contributed by atoms with Gasteiger partial charge < -0.3 is 19.3 Å². The number of carbonyl (C=O) groups is 1. The molecule has 4 rings (SSSR count). The van der Waals surface area contributed by atoms with Gasteiger partial charge in [0.2, 0.25) is 5.91 Å². The number of aliphatic hydroxyl groups excluding tert-OH is 1. The lowest BCUT2D eigenvalue weighted by Gasteiger charge is -2.26. The van der Waals surface area contributed by atoms with Crippen LogP contribution in [0.4, 0.5) is 0 Å². The van der Waals surface area contributed by atoms with E-state index in [0.29, 0.717) is 32.7 Å². The van der Waals surface area contributed by atoms with Gasteiger partial charge >= 0.3 is 0 Å². The van der Waals surface area contributed by atoms with Crippen LogP contribution in [0.1, 0.15) is 30.1 Å². The monoisotopic (exact) mass is 355 g/mol. The minimum absolute atomic E-state index is 0.0563. The smallest absolute Gasteiger partial charge is 0.224 e. The molecule has 0 unspecified atom stereocenters. The minimum Gasteiger partial charge on any atom is -0.388 e. The van der Waals surface area contributed by atoms with Crippen LogP contribution in [-0.2, 0) is 16.1 Å². The quantitative estimate of drug-likeness (QED) is 0.907. The number of likely N-dealkylation sites (tertiary alicyclic amines) is 1. The van der Waals surface area contributed by atoms with Crippen molar-refractivity contribution >= 4 is 5.91 Å². The topological polar surface area (TPSA) is 67.6 Å². The number of nitrogens with zero attached hydrogens (tertiary/aromatic N) is 3. The van der Waals surface area contributed by atoms with Crippen molar-refractivity contribution < 1.29 is 14.6 Å².